The molecule has 0 spiro atoms. The van der Waals surface area contributed by atoms with E-state index in [-0.39, 0.29) is 34.4 Å². The lowest BCUT2D eigenvalue weighted by atomic mass is 10.2. The molecule has 0 saturated heterocycles. The first-order valence-electron chi connectivity index (χ1n) is 6.92. The first-order chi connectivity index (χ1) is 12.0. The van der Waals surface area contributed by atoms with Gasteiger partial charge in [0.05, 0.1) is 35.1 Å². The van der Waals surface area contributed by atoms with Crippen LogP contribution in [0.1, 0.15) is 5.56 Å². The number of nitro benzene ring substituents is 1. The molecule has 1 heterocycles. The minimum atomic E-state index is -0.624. The fourth-order valence-electron chi connectivity index (χ4n) is 1.75. The van der Waals surface area contributed by atoms with Crippen molar-refractivity contribution < 1.29 is 19.6 Å². The van der Waals surface area contributed by atoms with Gasteiger partial charge in [0.1, 0.15) is 0 Å². The number of thioether (sulfide) groups is 1. The Kier molecular flexibility index (Phi) is 6.29. The van der Waals surface area contributed by atoms with Gasteiger partial charge in [0.15, 0.2) is 11.5 Å². The molecule has 0 bridgehead atoms. The van der Waals surface area contributed by atoms with Gasteiger partial charge in [-0.15, -0.1) is 0 Å². The van der Waals surface area contributed by atoms with Crippen LogP contribution in [0.3, 0.4) is 0 Å². The Balaban J connectivity index is 2.00. The number of methoxy groups -OCH3 is 1. The minimum absolute atomic E-state index is 0.0451. The third kappa shape index (κ3) is 5.18. The van der Waals surface area contributed by atoms with Crippen molar-refractivity contribution in [1.82, 2.24) is 10.4 Å². The molecule has 130 valence electrons. The van der Waals surface area contributed by atoms with E-state index in [1.54, 1.807) is 18.3 Å². The van der Waals surface area contributed by atoms with Crippen molar-refractivity contribution >= 4 is 29.6 Å². The summed E-state index contributed by atoms with van der Waals surface area (Å²) in [4.78, 5) is 26.0. The number of carbonyl (C=O) groups excluding carboxylic acids is 1. The minimum Gasteiger partial charge on any atom is -0.504 e. The van der Waals surface area contributed by atoms with E-state index in [0.29, 0.717) is 5.03 Å². The fourth-order valence-corrected chi connectivity index (χ4v) is 2.41. The fraction of sp³-hybridized carbons (Fsp3) is 0.133. The molecule has 2 rings (SSSR count). The van der Waals surface area contributed by atoms with Crippen molar-refractivity contribution in [3.05, 3.63) is 52.2 Å². The number of benzene rings is 1. The molecule has 9 nitrogen and oxygen atoms in total. The molecule has 1 amide bonds. The highest BCUT2D eigenvalue weighted by Crippen LogP contribution is 2.33. The molecule has 0 aliphatic carbocycles. The summed E-state index contributed by atoms with van der Waals surface area (Å²) in [5.41, 5.74) is 2.05. The Morgan fingerprint density at radius 2 is 2.32 bits per heavy atom. The highest BCUT2D eigenvalue weighted by molar-refractivity contribution is 7.99. The van der Waals surface area contributed by atoms with E-state index >= 15 is 0 Å². The average molecular weight is 362 g/mol. The molecule has 1 aromatic heterocycles. The zero-order valence-corrected chi connectivity index (χ0v) is 13.9. The molecule has 25 heavy (non-hydrogen) atoms. The van der Waals surface area contributed by atoms with Crippen LogP contribution in [-0.4, -0.2) is 40.0 Å². The maximum Gasteiger partial charge on any atom is 0.274 e. The highest BCUT2D eigenvalue weighted by atomic mass is 32.2. The lowest BCUT2D eigenvalue weighted by Crippen LogP contribution is -2.19. The summed E-state index contributed by atoms with van der Waals surface area (Å²) in [5, 5.41) is 25.2. The maximum absolute atomic E-state index is 11.7. The molecule has 0 fully saturated rings. The van der Waals surface area contributed by atoms with Crippen molar-refractivity contribution in [2.75, 3.05) is 12.9 Å². The number of ether oxygens (including phenoxy) is 1. The number of non-ortho nitro benzene ring substituents is 1. The van der Waals surface area contributed by atoms with Gasteiger partial charge in [-0.25, -0.2) is 10.4 Å². The van der Waals surface area contributed by atoms with Gasteiger partial charge in [-0.2, -0.15) is 5.10 Å². The van der Waals surface area contributed by atoms with Gasteiger partial charge in [-0.1, -0.05) is 17.8 Å². The molecule has 0 unspecified atom stereocenters. The van der Waals surface area contributed by atoms with Crippen LogP contribution in [0, 0.1) is 10.1 Å². The Hall–Kier alpha value is -3.14. The van der Waals surface area contributed by atoms with E-state index in [9.17, 15) is 20.0 Å². The molecule has 0 aliphatic heterocycles. The van der Waals surface area contributed by atoms with Crippen LogP contribution in [0.2, 0.25) is 0 Å². The second-order valence-corrected chi connectivity index (χ2v) is 5.59. The van der Waals surface area contributed by atoms with Crippen LogP contribution in [0.25, 0.3) is 0 Å². The van der Waals surface area contributed by atoms with E-state index in [4.69, 9.17) is 4.74 Å². The smallest absolute Gasteiger partial charge is 0.274 e. The van der Waals surface area contributed by atoms with Crippen molar-refractivity contribution in [2.24, 2.45) is 5.10 Å². The molecular weight excluding hydrogens is 348 g/mol. The molecule has 1 aromatic carbocycles. The molecule has 0 atom stereocenters. The molecule has 0 saturated carbocycles. The van der Waals surface area contributed by atoms with Gasteiger partial charge < -0.3 is 9.84 Å². The van der Waals surface area contributed by atoms with E-state index in [1.165, 1.54) is 18.9 Å². The van der Waals surface area contributed by atoms with Gasteiger partial charge in [-0.05, 0) is 12.1 Å². The number of pyridine rings is 1. The summed E-state index contributed by atoms with van der Waals surface area (Å²) < 4.78 is 4.88. The van der Waals surface area contributed by atoms with Crippen LogP contribution in [0.4, 0.5) is 5.69 Å². The molecule has 2 aromatic rings. The number of rotatable bonds is 7. The lowest BCUT2D eigenvalue weighted by Gasteiger charge is -2.06. The zero-order chi connectivity index (χ0) is 18.2. The van der Waals surface area contributed by atoms with E-state index in [1.807, 2.05) is 6.07 Å². The Bertz CT molecular complexity index is 798. The van der Waals surface area contributed by atoms with Gasteiger partial charge in [0.25, 0.3) is 5.69 Å². The summed E-state index contributed by atoms with van der Waals surface area (Å²) in [6.07, 6.45) is 2.73. The Morgan fingerprint density at radius 1 is 1.52 bits per heavy atom. The number of nitrogens with one attached hydrogen (secondary N) is 1. The number of hydrogen-bond acceptors (Lipinski definition) is 8. The molecule has 0 radical (unpaired) electrons. The van der Waals surface area contributed by atoms with Crippen molar-refractivity contribution in [3.63, 3.8) is 0 Å². The standard InChI is InChI=1S/C15H14N4O5S/c1-24-12-7-11(19(22)23)6-10(15(12)21)8-17-18-13(20)9-25-14-4-2-3-5-16-14/h2-8,21H,9H2,1H3,(H,18,20)/b17-8-. The monoisotopic (exact) mass is 362 g/mol. The van der Waals surface area contributed by atoms with Crippen LogP contribution in [0.15, 0.2) is 46.7 Å². The normalized spacial score (nSPS) is 10.6. The third-order valence-corrected chi connectivity index (χ3v) is 3.85. The number of phenolic OH excluding ortho intramolecular Hbond substituents is 1. The van der Waals surface area contributed by atoms with Crippen LogP contribution < -0.4 is 10.2 Å². The van der Waals surface area contributed by atoms with Gasteiger partial charge in [-0.3, -0.25) is 14.9 Å². The quantitative estimate of drug-likeness (QED) is 0.333. The first-order valence-corrected chi connectivity index (χ1v) is 7.91. The van der Waals surface area contributed by atoms with Crippen molar-refractivity contribution in [1.29, 1.82) is 0 Å². The second kappa shape index (κ2) is 8.64. The van der Waals surface area contributed by atoms with Gasteiger partial charge in [0, 0.05) is 17.8 Å². The molecule has 0 aliphatic rings. The lowest BCUT2D eigenvalue weighted by molar-refractivity contribution is -0.385. The molecule has 10 heteroatoms. The van der Waals surface area contributed by atoms with Gasteiger partial charge >= 0.3 is 0 Å². The number of hydrazone groups is 1. The van der Waals surface area contributed by atoms with Crippen LogP contribution >= 0.6 is 11.8 Å². The summed E-state index contributed by atoms with van der Waals surface area (Å²) in [6.45, 7) is 0. The summed E-state index contributed by atoms with van der Waals surface area (Å²) in [6, 6.07) is 7.57. The zero-order valence-electron chi connectivity index (χ0n) is 13.1. The largest absolute Gasteiger partial charge is 0.504 e. The number of aromatic nitrogens is 1. The predicted octanol–water partition coefficient (Wildman–Crippen LogP) is 1.95. The number of hydrogen-bond donors (Lipinski definition) is 2. The predicted molar refractivity (Wildman–Crippen MR) is 92.0 cm³/mol. The number of carbonyl (C=O) groups is 1. The van der Waals surface area contributed by atoms with E-state index < -0.39 is 4.92 Å². The third-order valence-electron chi connectivity index (χ3n) is 2.90. The molecule has 2 N–H and O–H groups in total. The Morgan fingerprint density at radius 3 is 2.96 bits per heavy atom. The topological polar surface area (TPSA) is 127 Å². The summed E-state index contributed by atoms with van der Waals surface area (Å²) in [5.74, 6) is -0.663. The number of phenols is 1. The Labute approximate surface area is 146 Å². The number of nitrogens with zero attached hydrogens (tertiary/aromatic N) is 3. The van der Waals surface area contributed by atoms with Crippen LogP contribution in [-0.2, 0) is 4.79 Å². The van der Waals surface area contributed by atoms with Crippen molar-refractivity contribution in [2.45, 2.75) is 5.03 Å². The first kappa shape index (κ1) is 18.2. The van der Waals surface area contributed by atoms with E-state index in [2.05, 4.69) is 15.5 Å². The summed E-state index contributed by atoms with van der Waals surface area (Å²) in [7, 11) is 1.27. The molecular formula is C15H14N4O5S. The number of aromatic hydroxyl groups is 1. The second-order valence-electron chi connectivity index (χ2n) is 4.59. The van der Waals surface area contributed by atoms with Gasteiger partial charge in [0.2, 0.25) is 5.91 Å². The number of nitro groups is 1. The van der Waals surface area contributed by atoms with E-state index in [0.717, 1.165) is 18.3 Å². The maximum atomic E-state index is 11.7. The summed E-state index contributed by atoms with van der Waals surface area (Å²) >= 11 is 1.23. The SMILES string of the molecule is COc1cc([N+](=O)[O-])cc(/C=N\NC(=O)CSc2ccccn2)c1O. The number of amides is 1. The van der Waals surface area contributed by atoms with Crippen molar-refractivity contribution in [3.8, 4) is 11.5 Å². The average Bonchev–Trinajstić information content (AvgIpc) is 2.62. The highest BCUT2D eigenvalue weighted by Gasteiger charge is 2.15. The van der Waals surface area contributed by atoms with Crippen LogP contribution in [0.5, 0.6) is 11.5 Å².